The van der Waals surface area contributed by atoms with Crippen molar-refractivity contribution in [3.63, 3.8) is 0 Å². The lowest BCUT2D eigenvalue weighted by atomic mass is 10.2. The Labute approximate surface area is 226 Å². The number of amides is 1. The molecule has 0 aliphatic heterocycles. The second-order valence-corrected chi connectivity index (χ2v) is 12.5. The molecule has 0 aliphatic rings. The van der Waals surface area contributed by atoms with Crippen molar-refractivity contribution in [1.29, 1.82) is 0 Å². The standard InChI is InChI=1S/C24H30Cl2NO7PS/c1-16(21(22(28)30-5)27-23(29)33-24(2,3)4)34-35(36,31-14-17-6-10-19(25)11-7-17)32-15-18-8-12-20(26)13-9-18/h6-13,16,21H,14-15H2,1-5H3,(H,27,29)/t16-,21+/m1/s1. The number of benzene rings is 2. The normalized spacial score (nSPS) is 13.5. The number of halogens is 2. The fourth-order valence-corrected chi connectivity index (χ4v) is 5.08. The first-order chi connectivity index (χ1) is 16.8. The van der Waals surface area contributed by atoms with Crippen molar-refractivity contribution in [2.45, 2.75) is 58.7 Å². The molecule has 36 heavy (non-hydrogen) atoms. The molecule has 12 heteroatoms. The Kier molecular flexibility index (Phi) is 11.6. The van der Waals surface area contributed by atoms with E-state index in [-0.39, 0.29) is 13.2 Å². The Hall–Kier alpha value is -1.71. The van der Waals surface area contributed by atoms with Crippen molar-refractivity contribution in [3.8, 4) is 0 Å². The van der Waals surface area contributed by atoms with Crippen LogP contribution in [0.5, 0.6) is 0 Å². The first-order valence-corrected chi connectivity index (χ1v) is 14.3. The fourth-order valence-electron chi connectivity index (χ4n) is 2.76. The maximum absolute atomic E-state index is 12.5. The molecule has 2 aromatic rings. The summed E-state index contributed by atoms with van der Waals surface area (Å²) in [6.45, 7) is 3.36. The van der Waals surface area contributed by atoms with Crippen LogP contribution < -0.4 is 5.32 Å². The number of methoxy groups -OCH3 is 1. The summed E-state index contributed by atoms with van der Waals surface area (Å²) in [5.41, 5.74) is 0.806. The Morgan fingerprint density at radius 3 is 1.78 bits per heavy atom. The van der Waals surface area contributed by atoms with Gasteiger partial charge in [0.15, 0.2) is 6.04 Å². The molecule has 2 aromatic carbocycles. The van der Waals surface area contributed by atoms with E-state index in [2.05, 4.69) is 5.32 Å². The van der Waals surface area contributed by atoms with Gasteiger partial charge >= 0.3 is 18.8 Å². The highest BCUT2D eigenvalue weighted by Crippen LogP contribution is 2.52. The number of carbonyl (C=O) groups excluding carboxylic acids is 2. The quantitative estimate of drug-likeness (QED) is 0.241. The number of alkyl carbamates (subject to hydrolysis) is 1. The van der Waals surface area contributed by atoms with E-state index in [0.29, 0.717) is 10.0 Å². The molecule has 198 valence electrons. The smallest absolute Gasteiger partial charge is 0.408 e. The van der Waals surface area contributed by atoms with E-state index in [1.807, 2.05) is 0 Å². The number of rotatable bonds is 11. The molecule has 2 rings (SSSR count). The number of hydrogen-bond acceptors (Lipinski definition) is 8. The first kappa shape index (κ1) is 30.5. The van der Waals surface area contributed by atoms with Gasteiger partial charge in [-0.3, -0.25) is 0 Å². The predicted molar refractivity (Wildman–Crippen MR) is 142 cm³/mol. The van der Waals surface area contributed by atoms with Crippen molar-refractivity contribution in [1.82, 2.24) is 5.32 Å². The van der Waals surface area contributed by atoms with Crippen molar-refractivity contribution in [2.75, 3.05) is 7.11 Å². The number of esters is 1. The van der Waals surface area contributed by atoms with Gasteiger partial charge in [0, 0.05) is 10.0 Å². The lowest BCUT2D eigenvalue weighted by molar-refractivity contribution is -0.145. The van der Waals surface area contributed by atoms with Crippen LogP contribution in [0.25, 0.3) is 0 Å². The summed E-state index contributed by atoms with van der Waals surface area (Å²) < 4.78 is 28.0. The highest BCUT2D eigenvalue weighted by Gasteiger charge is 2.35. The van der Waals surface area contributed by atoms with Gasteiger partial charge in [-0.15, -0.1) is 0 Å². The van der Waals surface area contributed by atoms with Crippen LogP contribution in [-0.4, -0.2) is 36.9 Å². The van der Waals surface area contributed by atoms with Gasteiger partial charge in [0.2, 0.25) is 0 Å². The van der Waals surface area contributed by atoms with Gasteiger partial charge in [-0.2, -0.15) is 0 Å². The van der Waals surface area contributed by atoms with Crippen molar-refractivity contribution < 1.29 is 32.6 Å². The molecule has 2 atom stereocenters. The highest BCUT2D eigenvalue weighted by molar-refractivity contribution is 8.07. The lowest BCUT2D eigenvalue weighted by Crippen LogP contribution is -2.50. The second-order valence-electron chi connectivity index (χ2n) is 8.70. The second kappa shape index (κ2) is 13.7. The van der Waals surface area contributed by atoms with E-state index in [4.69, 9.17) is 58.1 Å². The van der Waals surface area contributed by atoms with Gasteiger partial charge < -0.3 is 28.4 Å². The molecule has 0 unspecified atom stereocenters. The molecule has 0 radical (unpaired) electrons. The number of carbonyl (C=O) groups is 2. The van der Waals surface area contributed by atoms with E-state index in [1.54, 1.807) is 76.2 Å². The molecule has 0 fully saturated rings. The minimum absolute atomic E-state index is 0.0736. The van der Waals surface area contributed by atoms with Crippen LogP contribution in [0.1, 0.15) is 38.8 Å². The average Bonchev–Trinajstić information content (AvgIpc) is 2.80. The molecule has 1 amide bonds. The highest BCUT2D eigenvalue weighted by atomic mass is 35.5. The van der Waals surface area contributed by atoms with E-state index < -0.39 is 36.5 Å². The number of nitrogens with one attached hydrogen (secondary N) is 1. The zero-order valence-electron chi connectivity index (χ0n) is 20.7. The molecule has 0 spiro atoms. The minimum Gasteiger partial charge on any atom is -0.467 e. The lowest BCUT2D eigenvalue weighted by Gasteiger charge is -2.30. The van der Waals surface area contributed by atoms with Crippen LogP contribution in [0.3, 0.4) is 0 Å². The summed E-state index contributed by atoms with van der Waals surface area (Å²) in [6, 6.07) is 12.8. The van der Waals surface area contributed by atoms with Crippen LogP contribution in [0.2, 0.25) is 10.0 Å². The molecule has 0 aromatic heterocycles. The summed E-state index contributed by atoms with van der Waals surface area (Å²) in [7, 11) is 1.20. The van der Waals surface area contributed by atoms with Crippen molar-refractivity contribution >= 4 is 53.8 Å². The van der Waals surface area contributed by atoms with Crippen molar-refractivity contribution in [3.05, 3.63) is 69.7 Å². The molecular formula is C24H30Cl2NO7PS. The Morgan fingerprint density at radius 2 is 1.39 bits per heavy atom. The van der Waals surface area contributed by atoms with E-state index in [1.165, 1.54) is 7.11 Å². The van der Waals surface area contributed by atoms with Crippen LogP contribution in [0.15, 0.2) is 48.5 Å². The topological polar surface area (TPSA) is 92.3 Å². The Morgan fingerprint density at radius 1 is 0.944 bits per heavy atom. The number of ether oxygens (including phenoxy) is 2. The third kappa shape index (κ3) is 10.7. The predicted octanol–water partition coefficient (Wildman–Crippen LogP) is 6.42. The molecular weight excluding hydrogens is 548 g/mol. The SMILES string of the molecule is COC(=O)[C@@H](NC(=O)OC(C)(C)C)[C@@H](C)OP(=S)(OCc1ccc(Cl)cc1)OCc1ccc(Cl)cc1. The molecule has 0 saturated carbocycles. The zero-order valence-corrected chi connectivity index (χ0v) is 23.9. The number of hydrogen-bond donors (Lipinski definition) is 1. The maximum atomic E-state index is 12.5. The fraction of sp³-hybridized carbons (Fsp3) is 0.417. The van der Waals surface area contributed by atoms with Gasteiger partial charge in [0.1, 0.15) is 5.60 Å². The third-order valence-corrected chi connectivity index (χ3v) is 7.37. The maximum Gasteiger partial charge on any atom is 0.408 e. The van der Waals surface area contributed by atoms with Crippen LogP contribution in [0.4, 0.5) is 4.79 Å². The van der Waals surface area contributed by atoms with Gasteiger partial charge in [-0.05, 0) is 74.9 Å². The molecule has 0 bridgehead atoms. The minimum atomic E-state index is -3.45. The van der Waals surface area contributed by atoms with E-state index in [9.17, 15) is 9.59 Å². The van der Waals surface area contributed by atoms with Gasteiger partial charge in [-0.25, -0.2) is 9.59 Å². The summed E-state index contributed by atoms with van der Waals surface area (Å²) in [5.74, 6) is -0.745. The zero-order chi connectivity index (χ0) is 26.9. The van der Waals surface area contributed by atoms with Crippen molar-refractivity contribution in [2.24, 2.45) is 0 Å². The molecule has 0 heterocycles. The van der Waals surface area contributed by atoms with Crippen LogP contribution in [0, 0.1) is 0 Å². The summed E-state index contributed by atoms with van der Waals surface area (Å²) in [6.07, 6.45) is -1.79. The summed E-state index contributed by atoms with van der Waals surface area (Å²) in [4.78, 5) is 24.8. The average molecular weight is 578 g/mol. The Bertz CT molecular complexity index is 1010. The van der Waals surface area contributed by atoms with Crippen LogP contribution in [-0.2, 0) is 52.9 Å². The van der Waals surface area contributed by atoms with Gasteiger partial charge in [-0.1, -0.05) is 47.5 Å². The van der Waals surface area contributed by atoms with Gasteiger partial charge in [0.05, 0.1) is 26.4 Å². The molecule has 0 saturated heterocycles. The van der Waals surface area contributed by atoms with E-state index >= 15 is 0 Å². The molecule has 0 aliphatic carbocycles. The summed E-state index contributed by atoms with van der Waals surface area (Å²) >= 11 is 17.6. The largest absolute Gasteiger partial charge is 0.467 e. The van der Waals surface area contributed by atoms with E-state index in [0.717, 1.165) is 11.1 Å². The first-order valence-electron chi connectivity index (χ1n) is 10.9. The van der Waals surface area contributed by atoms with Gasteiger partial charge in [0.25, 0.3) is 0 Å². The Balaban J connectivity index is 2.21. The molecule has 1 N–H and O–H groups in total. The third-order valence-electron chi connectivity index (χ3n) is 4.50. The monoisotopic (exact) mass is 577 g/mol. The molecule has 8 nitrogen and oxygen atoms in total. The summed E-state index contributed by atoms with van der Waals surface area (Å²) in [5, 5.41) is 3.64. The van der Waals surface area contributed by atoms with Crippen LogP contribution >= 0.6 is 29.9 Å².